The van der Waals surface area contributed by atoms with Gasteiger partial charge in [-0.05, 0) is 65.3 Å². The lowest BCUT2D eigenvalue weighted by atomic mass is 9.88. The first kappa shape index (κ1) is 29.9. The zero-order valence-corrected chi connectivity index (χ0v) is 28.8. The number of hydrogen-bond donors (Lipinski definition) is 0. The van der Waals surface area contributed by atoms with Gasteiger partial charge in [0, 0.05) is 59.4 Å². The van der Waals surface area contributed by atoms with E-state index in [-0.39, 0.29) is 5.41 Å². The fourth-order valence-corrected chi connectivity index (χ4v) is 7.98. The maximum absolute atomic E-state index is 6.70. The van der Waals surface area contributed by atoms with Gasteiger partial charge < -0.3 is 4.74 Å². The van der Waals surface area contributed by atoms with Gasteiger partial charge in [-0.15, -0.1) is 0 Å². The molecule has 0 saturated carbocycles. The van der Waals surface area contributed by atoms with E-state index in [4.69, 9.17) is 9.72 Å². The quantitative estimate of drug-likeness (QED) is 0.0984. The highest BCUT2D eigenvalue weighted by molar-refractivity contribution is 6.09. The Bertz CT molecular complexity index is 2420. The van der Waals surface area contributed by atoms with Gasteiger partial charge >= 0.3 is 0 Å². The second-order valence-electron chi connectivity index (χ2n) is 15.0. The summed E-state index contributed by atoms with van der Waals surface area (Å²) in [6, 6.07) is 45.9. The average Bonchev–Trinajstić information content (AvgIpc) is 3.59. The highest BCUT2D eigenvalue weighted by atomic mass is 16.5. The molecule has 5 nitrogen and oxygen atoms in total. The molecule has 2 atom stereocenters. The Balaban J connectivity index is 1.11. The molecule has 2 aliphatic rings. The molecule has 1 saturated heterocycles. The number of aromatic nitrogens is 2. The largest absolute Gasteiger partial charge is 0.457 e. The summed E-state index contributed by atoms with van der Waals surface area (Å²) in [7, 11) is 0. The monoisotopic (exact) mass is 641 g/mol. The Morgan fingerprint density at radius 3 is 2.10 bits per heavy atom. The SMILES string of the molecule is CC(C)Cc1cccc([N@+]23[CH-][N+]2(c2cccc(Oc4ccc5c6ccccc6n(-c6cc(C(C)(C)C)ccn6)c5c4)c2)c2ccccc23)c1. The summed E-state index contributed by atoms with van der Waals surface area (Å²) >= 11 is 0. The van der Waals surface area contributed by atoms with Crippen LogP contribution in [0.1, 0.15) is 45.7 Å². The van der Waals surface area contributed by atoms with Crippen molar-refractivity contribution in [3.8, 4) is 17.3 Å². The van der Waals surface area contributed by atoms with Crippen molar-refractivity contribution in [3.63, 3.8) is 0 Å². The smallest absolute Gasteiger partial charge is 0.225 e. The van der Waals surface area contributed by atoms with Crippen LogP contribution in [0.4, 0.5) is 22.7 Å². The van der Waals surface area contributed by atoms with E-state index >= 15 is 0 Å². The van der Waals surface area contributed by atoms with Gasteiger partial charge in [0.25, 0.3) is 0 Å². The summed E-state index contributed by atoms with van der Waals surface area (Å²) in [6.07, 6.45) is 2.99. The normalized spacial score (nSPS) is 19.5. The summed E-state index contributed by atoms with van der Waals surface area (Å²) in [5.74, 6) is 3.13. The van der Waals surface area contributed by atoms with Gasteiger partial charge in [-0.2, -0.15) is 9.18 Å². The third-order valence-electron chi connectivity index (χ3n) is 10.3. The molecular formula is C44H41N4O+. The summed E-state index contributed by atoms with van der Waals surface area (Å²) in [4.78, 5) is 4.85. The molecule has 0 bridgehead atoms. The first-order valence-electron chi connectivity index (χ1n) is 17.3. The van der Waals surface area contributed by atoms with Gasteiger partial charge in [-0.25, -0.2) is 4.98 Å². The minimum atomic E-state index is 0.0148. The van der Waals surface area contributed by atoms with E-state index in [1.165, 1.54) is 44.6 Å². The molecule has 9 rings (SSSR count). The molecule has 2 aliphatic heterocycles. The van der Waals surface area contributed by atoms with Crippen LogP contribution in [0.15, 0.2) is 134 Å². The Morgan fingerprint density at radius 2 is 1.35 bits per heavy atom. The molecule has 1 unspecified atom stereocenters. The van der Waals surface area contributed by atoms with Gasteiger partial charge in [-0.3, -0.25) is 4.57 Å². The molecule has 0 spiro atoms. The summed E-state index contributed by atoms with van der Waals surface area (Å²) in [5.41, 5.74) is 9.97. The second-order valence-corrected chi connectivity index (χ2v) is 15.0. The number of para-hydroxylation sites is 3. The molecule has 0 radical (unpaired) electrons. The number of quaternary nitrogens is 2. The number of fused-ring (bicyclic) bond motifs is 7. The van der Waals surface area contributed by atoms with E-state index in [0.717, 1.165) is 34.8 Å². The van der Waals surface area contributed by atoms with Crippen molar-refractivity contribution in [1.29, 1.82) is 0 Å². The van der Waals surface area contributed by atoms with Crippen LogP contribution in [0.2, 0.25) is 0 Å². The zero-order valence-electron chi connectivity index (χ0n) is 28.8. The molecular weight excluding hydrogens is 601 g/mol. The number of ether oxygens (including phenoxy) is 1. The molecule has 49 heavy (non-hydrogen) atoms. The molecule has 0 amide bonds. The first-order chi connectivity index (χ1) is 23.7. The zero-order chi connectivity index (χ0) is 33.5. The molecule has 2 aromatic heterocycles. The van der Waals surface area contributed by atoms with Crippen LogP contribution in [-0.4, -0.2) is 9.55 Å². The predicted octanol–water partition coefficient (Wildman–Crippen LogP) is 11.8. The Hall–Kier alpha value is -5.23. The van der Waals surface area contributed by atoms with Crippen LogP contribution in [0.3, 0.4) is 0 Å². The van der Waals surface area contributed by atoms with Gasteiger partial charge in [0.1, 0.15) is 17.3 Å². The Morgan fingerprint density at radius 1 is 0.673 bits per heavy atom. The Labute approximate surface area is 288 Å². The van der Waals surface area contributed by atoms with Gasteiger partial charge in [0.2, 0.25) is 11.4 Å². The first-order valence-corrected chi connectivity index (χ1v) is 17.3. The molecule has 4 heterocycles. The van der Waals surface area contributed by atoms with E-state index < -0.39 is 0 Å². The Kier molecular flexibility index (Phi) is 6.48. The van der Waals surface area contributed by atoms with Crippen LogP contribution in [0.5, 0.6) is 11.5 Å². The van der Waals surface area contributed by atoms with Crippen molar-refractivity contribution >= 4 is 44.6 Å². The van der Waals surface area contributed by atoms with Gasteiger partial charge in [-0.1, -0.05) is 83.1 Å². The van der Waals surface area contributed by atoms with Crippen molar-refractivity contribution in [1.82, 2.24) is 18.7 Å². The number of rotatable bonds is 7. The number of benzene rings is 5. The highest BCUT2D eigenvalue weighted by Crippen LogP contribution is 2.75. The van der Waals surface area contributed by atoms with Crippen molar-refractivity contribution in [3.05, 3.63) is 151 Å². The van der Waals surface area contributed by atoms with Gasteiger partial charge in [0.15, 0.2) is 18.0 Å². The van der Waals surface area contributed by atoms with E-state index in [1.807, 2.05) is 6.20 Å². The highest BCUT2D eigenvalue weighted by Gasteiger charge is 2.77. The van der Waals surface area contributed by atoms with Crippen LogP contribution in [0, 0.1) is 12.6 Å². The van der Waals surface area contributed by atoms with E-state index in [1.54, 1.807) is 0 Å². The van der Waals surface area contributed by atoms with Crippen LogP contribution in [-0.2, 0) is 11.8 Å². The number of hydrogen-bond acceptors (Lipinski definition) is 2. The summed E-state index contributed by atoms with van der Waals surface area (Å²) in [6.45, 7) is 13.7. The average molecular weight is 642 g/mol. The van der Waals surface area contributed by atoms with Crippen molar-refractivity contribution in [2.24, 2.45) is 5.92 Å². The van der Waals surface area contributed by atoms with Crippen LogP contribution < -0.4 is 13.9 Å². The molecule has 5 heteroatoms. The maximum Gasteiger partial charge on any atom is 0.225 e. The second kappa shape index (κ2) is 10.6. The fourth-order valence-electron chi connectivity index (χ4n) is 7.98. The predicted molar refractivity (Wildman–Crippen MR) is 202 cm³/mol. The molecule has 1 fully saturated rings. The van der Waals surface area contributed by atoms with Crippen molar-refractivity contribution in [2.75, 3.05) is 0 Å². The summed E-state index contributed by atoms with van der Waals surface area (Å²) < 4.78 is 10.3. The van der Waals surface area contributed by atoms with Crippen molar-refractivity contribution in [2.45, 2.75) is 46.5 Å². The fraction of sp³-hybridized carbons (Fsp3) is 0.182. The lowest BCUT2D eigenvalue weighted by Crippen LogP contribution is -2.46. The minimum absolute atomic E-state index is 0.0148. The molecule has 0 N–H and O–H groups in total. The number of nitrogens with zero attached hydrogens (tertiary/aromatic N) is 4. The molecule has 7 aromatic rings. The number of pyridine rings is 1. The van der Waals surface area contributed by atoms with E-state index in [9.17, 15) is 0 Å². The maximum atomic E-state index is 6.70. The molecule has 242 valence electrons. The van der Waals surface area contributed by atoms with Crippen molar-refractivity contribution < 1.29 is 4.74 Å². The van der Waals surface area contributed by atoms with Gasteiger partial charge in [0.05, 0.1) is 11.0 Å². The molecule has 0 aliphatic carbocycles. The third kappa shape index (κ3) is 4.42. The topological polar surface area (TPSA) is 27.1 Å². The third-order valence-corrected chi connectivity index (χ3v) is 10.3. The minimum Gasteiger partial charge on any atom is -0.457 e. The summed E-state index contributed by atoms with van der Waals surface area (Å²) in [5, 5.41) is 2.38. The standard InChI is InChI=1S/C44H41N4O/c1-30(2)24-31-12-10-13-33(25-31)47-29-48(47,42-19-9-8-18-41(42)47)34-14-11-15-35(27-34)49-36-20-21-38-37-16-6-7-17-39(37)46(40(38)28-36)43-26-32(22-23-45-43)44(3,4)5/h6-23,25-30H,24H2,1-5H3/q+1/t47-,48?/m0/s1. The lowest BCUT2D eigenvalue weighted by Gasteiger charge is -2.39. The van der Waals surface area contributed by atoms with Crippen LogP contribution >= 0.6 is 0 Å². The van der Waals surface area contributed by atoms with Crippen LogP contribution in [0.25, 0.3) is 27.6 Å². The molecule has 5 aromatic carbocycles. The van der Waals surface area contributed by atoms with E-state index in [0.29, 0.717) is 15.1 Å². The van der Waals surface area contributed by atoms with E-state index in [2.05, 4.69) is 173 Å². The lowest BCUT2D eigenvalue weighted by molar-refractivity contribution is 0.423.